The normalized spacial score (nSPS) is 20.6. The third-order valence-electron chi connectivity index (χ3n) is 5.32. The average molecular weight is 439 g/mol. The Bertz CT molecular complexity index is 1150. The summed E-state index contributed by atoms with van der Waals surface area (Å²) in [6, 6.07) is 24.5. The Morgan fingerprint density at radius 2 is 1.73 bits per heavy atom. The van der Waals surface area contributed by atoms with Gasteiger partial charge in [0.05, 0.1) is 5.69 Å². The molecule has 5 rings (SSSR count). The number of ether oxygens (including phenoxy) is 1. The quantitative estimate of drug-likeness (QED) is 0.636. The Morgan fingerprint density at radius 3 is 2.50 bits per heavy atom. The molecule has 0 radical (unpaired) electrons. The largest absolute Gasteiger partial charge is 0.489 e. The number of para-hydroxylation sites is 1. The highest BCUT2D eigenvalue weighted by Crippen LogP contribution is 2.40. The predicted octanol–water partition coefficient (Wildman–Crippen LogP) is 4.50. The van der Waals surface area contributed by atoms with E-state index < -0.39 is 16.2 Å². The van der Waals surface area contributed by atoms with Crippen LogP contribution in [0.25, 0.3) is 0 Å². The molecule has 7 heteroatoms. The van der Waals surface area contributed by atoms with E-state index in [-0.39, 0.29) is 12.6 Å². The molecule has 30 heavy (non-hydrogen) atoms. The monoisotopic (exact) mass is 438 g/mol. The second-order valence-electron chi connectivity index (χ2n) is 7.43. The minimum atomic E-state index is -3.68. The van der Waals surface area contributed by atoms with Gasteiger partial charge in [-0.2, -0.15) is 16.1 Å². The molecule has 0 amide bonds. The van der Waals surface area contributed by atoms with Crippen LogP contribution in [0.5, 0.6) is 5.75 Å². The van der Waals surface area contributed by atoms with Crippen molar-refractivity contribution in [3.8, 4) is 5.75 Å². The van der Waals surface area contributed by atoms with Gasteiger partial charge < -0.3 is 10.1 Å². The molecule has 1 fully saturated rings. The van der Waals surface area contributed by atoms with E-state index in [0.29, 0.717) is 10.6 Å². The van der Waals surface area contributed by atoms with E-state index in [0.717, 1.165) is 28.4 Å². The number of hydrogen-bond acceptors (Lipinski definition) is 5. The maximum Gasteiger partial charge on any atom is 0.247 e. The van der Waals surface area contributed by atoms with E-state index in [1.165, 1.54) is 4.31 Å². The number of rotatable bonds is 5. The highest BCUT2D eigenvalue weighted by Gasteiger charge is 2.39. The molecule has 1 atom stereocenters. The number of sulfonamides is 1. The summed E-state index contributed by atoms with van der Waals surface area (Å²) in [6.45, 7) is 0.277. The van der Waals surface area contributed by atoms with Crippen molar-refractivity contribution in [2.45, 2.75) is 23.7 Å². The molecule has 0 spiro atoms. The third kappa shape index (κ3) is 3.69. The third-order valence-corrected chi connectivity index (χ3v) is 8.40. The number of hydrogen-bond donors (Lipinski definition) is 1. The number of nitrogens with zero attached hydrogens (tertiary/aromatic N) is 1. The lowest BCUT2D eigenvalue weighted by molar-refractivity contribution is 0.239. The second-order valence-corrected chi connectivity index (χ2v) is 10.4. The Hall–Kier alpha value is -2.48. The topological polar surface area (TPSA) is 58.6 Å². The molecule has 5 nitrogen and oxygen atoms in total. The first-order valence-corrected chi connectivity index (χ1v) is 12.5. The summed E-state index contributed by atoms with van der Waals surface area (Å²) in [7, 11) is -3.68. The van der Waals surface area contributed by atoms with Gasteiger partial charge in [0, 0.05) is 18.1 Å². The van der Waals surface area contributed by atoms with Crippen molar-refractivity contribution < 1.29 is 13.2 Å². The number of anilines is 1. The SMILES string of the molecule is O=S1(=O)c2ccccc2N[C@H](c2cccc(OC3CSC3)c2)N1Cc1ccccc1. The van der Waals surface area contributed by atoms with Gasteiger partial charge in [0.1, 0.15) is 22.9 Å². The molecule has 0 aromatic heterocycles. The van der Waals surface area contributed by atoms with Crippen molar-refractivity contribution >= 4 is 27.5 Å². The van der Waals surface area contributed by atoms with Crippen LogP contribution in [-0.2, 0) is 16.6 Å². The summed E-state index contributed by atoms with van der Waals surface area (Å²) in [5.41, 5.74) is 2.41. The molecule has 2 aliphatic heterocycles. The van der Waals surface area contributed by atoms with Crippen LogP contribution in [0, 0.1) is 0 Å². The van der Waals surface area contributed by atoms with Gasteiger partial charge in [-0.25, -0.2) is 8.42 Å². The lowest BCUT2D eigenvalue weighted by Gasteiger charge is -2.37. The fourth-order valence-electron chi connectivity index (χ4n) is 3.72. The lowest BCUT2D eigenvalue weighted by Crippen LogP contribution is -2.42. The van der Waals surface area contributed by atoms with E-state index in [9.17, 15) is 8.42 Å². The predicted molar refractivity (Wildman–Crippen MR) is 120 cm³/mol. The van der Waals surface area contributed by atoms with Crippen LogP contribution in [-0.4, -0.2) is 30.3 Å². The number of benzene rings is 3. The number of fused-ring (bicyclic) bond motifs is 1. The first kappa shape index (κ1) is 19.5. The summed E-state index contributed by atoms with van der Waals surface area (Å²) in [5, 5.41) is 3.43. The van der Waals surface area contributed by atoms with Crippen molar-refractivity contribution in [2.24, 2.45) is 0 Å². The Balaban J connectivity index is 1.55. The molecule has 0 unspecified atom stereocenters. The first-order chi connectivity index (χ1) is 14.6. The molecule has 1 N–H and O–H groups in total. The van der Waals surface area contributed by atoms with Gasteiger partial charge in [-0.1, -0.05) is 54.6 Å². The smallest absolute Gasteiger partial charge is 0.247 e. The van der Waals surface area contributed by atoms with Crippen molar-refractivity contribution in [3.63, 3.8) is 0 Å². The molecule has 3 aromatic rings. The molecule has 0 aliphatic carbocycles. The van der Waals surface area contributed by atoms with E-state index >= 15 is 0 Å². The summed E-state index contributed by atoms with van der Waals surface area (Å²) < 4.78 is 34.7. The van der Waals surface area contributed by atoms with Crippen LogP contribution >= 0.6 is 11.8 Å². The minimum absolute atomic E-state index is 0.231. The molecular weight excluding hydrogens is 416 g/mol. The van der Waals surface area contributed by atoms with Gasteiger partial charge in [-0.3, -0.25) is 0 Å². The first-order valence-electron chi connectivity index (χ1n) is 9.87. The molecule has 3 aromatic carbocycles. The van der Waals surface area contributed by atoms with Gasteiger partial charge in [-0.15, -0.1) is 0 Å². The fourth-order valence-corrected chi connectivity index (χ4v) is 5.96. The van der Waals surface area contributed by atoms with Crippen molar-refractivity contribution in [2.75, 3.05) is 16.8 Å². The average Bonchev–Trinajstić information content (AvgIpc) is 2.74. The van der Waals surface area contributed by atoms with Crippen LogP contribution in [0.15, 0.2) is 83.8 Å². The molecule has 0 bridgehead atoms. The molecule has 0 saturated carbocycles. The lowest BCUT2D eigenvalue weighted by atomic mass is 10.1. The van der Waals surface area contributed by atoms with E-state index in [4.69, 9.17) is 4.74 Å². The zero-order valence-corrected chi connectivity index (χ0v) is 17.9. The Morgan fingerprint density at radius 1 is 0.967 bits per heavy atom. The maximum absolute atomic E-state index is 13.6. The van der Waals surface area contributed by atoms with E-state index in [1.54, 1.807) is 12.1 Å². The minimum Gasteiger partial charge on any atom is -0.489 e. The van der Waals surface area contributed by atoms with Gasteiger partial charge >= 0.3 is 0 Å². The Kier molecular flexibility index (Phi) is 5.18. The number of nitrogens with one attached hydrogen (secondary N) is 1. The standard InChI is InChI=1S/C23H22N2O3S2/c26-30(27)22-12-5-4-11-21(22)24-23(25(30)14-17-7-2-1-3-8-17)18-9-6-10-19(13-18)28-20-15-29-16-20/h1-13,20,23-24H,14-16H2/t23-/m0/s1. The van der Waals surface area contributed by atoms with Crippen molar-refractivity contribution in [1.29, 1.82) is 0 Å². The maximum atomic E-state index is 13.6. The number of thioether (sulfide) groups is 1. The molecule has 2 aliphatic rings. The van der Waals surface area contributed by atoms with E-state index in [2.05, 4.69) is 5.32 Å². The highest BCUT2D eigenvalue weighted by molar-refractivity contribution is 8.00. The Labute approximate surface area is 181 Å². The zero-order chi connectivity index (χ0) is 20.6. The molecular formula is C23H22N2O3S2. The summed E-state index contributed by atoms with van der Waals surface area (Å²) in [4.78, 5) is 0.302. The highest BCUT2D eigenvalue weighted by atomic mass is 32.2. The van der Waals surface area contributed by atoms with Gasteiger partial charge in [0.15, 0.2) is 0 Å². The van der Waals surface area contributed by atoms with Crippen molar-refractivity contribution in [1.82, 2.24) is 4.31 Å². The summed E-state index contributed by atoms with van der Waals surface area (Å²) >= 11 is 1.87. The van der Waals surface area contributed by atoms with Crippen LogP contribution in [0.2, 0.25) is 0 Å². The summed E-state index contributed by atoms with van der Waals surface area (Å²) in [6.07, 6.45) is -0.293. The summed E-state index contributed by atoms with van der Waals surface area (Å²) in [5.74, 6) is 2.76. The van der Waals surface area contributed by atoms with Crippen LogP contribution < -0.4 is 10.1 Å². The second kappa shape index (κ2) is 7.98. The molecule has 2 heterocycles. The van der Waals surface area contributed by atoms with E-state index in [1.807, 2.05) is 78.5 Å². The molecule has 154 valence electrons. The van der Waals surface area contributed by atoms with Crippen LogP contribution in [0.3, 0.4) is 0 Å². The zero-order valence-electron chi connectivity index (χ0n) is 16.3. The van der Waals surface area contributed by atoms with Crippen LogP contribution in [0.1, 0.15) is 17.3 Å². The van der Waals surface area contributed by atoms with Gasteiger partial charge in [0.25, 0.3) is 0 Å². The van der Waals surface area contributed by atoms with Crippen LogP contribution in [0.4, 0.5) is 5.69 Å². The fraction of sp³-hybridized carbons (Fsp3) is 0.217. The van der Waals surface area contributed by atoms with Gasteiger partial charge in [-0.05, 0) is 35.4 Å². The van der Waals surface area contributed by atoms with Gasteiger partial charge in [0.2, 0.25) is 10.0 Å². The van der Waals surface area contributed by atoms with Crippen molar-refractivity contribution in [3.05, 3.63) is 90.0 Å². The molecule has 1 saturated heterocycles.